The summed E-state index contributed by atoms with van der Waals surface area (Å²) in [6.45, 7) is 4.28. The largest absolute Gasteiger partial charge is 0.333 e. The number of carbonyl (C=O) groups is 1. The summed E-state index contributed by atoms with van der Waals surface area (Å²) in [4.78, 5) is 14.8. The lowest BCUT2D eigenvalue weighted by molar-refractivity contribution is -0.134. The van der Waals surface area contributed by atoms with Gasteiger partial charge in [0, 0.05) is 6.04 Å². The van der Waals surface area contributed by atoms with Gasteiger partial charge in [-0.25, -0.2) is 0 Å². The van der Waals surface area contributed by atoms with Crippen molar-refractivity contribution in [2.45, 2.75) is 38.8 Å². The Morgan fingerprint density at radius 2 is 1.62 bits per heavy atom. The molecule has 0 bridgehead atoms. The van der Waals surface area contributed by atoms with Crippen molar-refractivity contribution in [1.82, 2.24) is 4.90 Å². The monoisotopic (exact) mass is 279 g/mol. The van der Waals surface area contributed by atoms with E-state index < -0.39 is 0 Å². The molecule has 0 N–H and O–H groups in total. The highest BCUT2D eigenvalue weighted by Crippen LogP contribution is 2.28. The summed E-state index contributed by atoms with van der Waals surface area (Å²) >= 11 is 0. The molecule has 0 saturated heterocycles. The van der Waals surface area contributed by atoms with E-state index >= 15 is 0 Å². The summed E-state index contributed by atoms with van der Waals surface area (Å²) in [7, 11) is 0. The van der Waals surface area contributed by atoms with E-state index in [1.807, 2.05) is 24.3 Å². The van der Waals surface area contributed by atoms with Crippen molar-refractivity contribution in [3.8, 4) is 0 Å². The Kier molecular flexibility index (Phi) is 3.78. The molecule has 1 aliphatic heterocycles. The van der Waals surface area contributed by atoms with Crippen molar-refractivity contribution in [2.75, 3.05) is 0 Å². The molecule has 0 spiro atoms. The minimum Gasteiger partial charge on any atom is -0.333 e. The molecule has 21 heavy (non-hydrogen) atoms. The molecule has 0 fully saturated rings. The Hall–Kier alpha value is -2.09. The van der Waals surface area contributed by atoms with E-state index in [0.717, 1.165) is 6.42 Å². The van der Waals surface area contributed by atoms with E-state index in [4.69, 9.17) is 0 Å². The summed E-state index contributed by atoms with van der Waals surface area (Å²) < 4.78 is 0. The highest BCUT2D eigenvalue weighted by Gasteiger charge is 2.30. The van der Waals surface area contributed by atoms with Crippen LogP contribution in [0.1, 0.15) is 36.6 Å². The Balaban J connectivity index is 1.92. The van der Waals surface area contributed by atoms with E-state index in [1.165, 1.54) is 16.7 Å². The quantitative estimate of drug-likeness (QED) is 0.819. The first-order chi connectivity index (χ1) is 10.2. The predicted octanol–water partition coefficient (Wildman–Crippen LogP) is 3.76. The Bertz CT molecular complexity index is 635. The summed E-state index contributed by atoms with van der Waals surface area (Å²) in [5.41, 5.74) is 3.68. The molecule has 0 aromatic heterocycles. The molecular weight excluding hydrogens is 258 g/mol. The fourth-order valence-electron chi connectivity index (χ4n) is 3.34. The number of rotatable bonds is 2. The smallest absolute Gasteiger partial charge is 0.227 e. The maximum atomic E-state index is 12.7. The van der Waals surface area contributed by atoms with Crippen molar-refractivity contribution in [1.29, 1.82) is 0 Å². The Morgan fingerprint density at radius 3 is 2.33 bits per heavy atom. The standard InChI is InChI=1S/C19H21NO/c1-14-12-17-10-6-7-11-18(17)13-19(21)20(14)15(2)16-8-4-3-5-9-16/h3-11,14-15H,12-13H2,1-2H3/t14-,15+/m0/s1. The van der Waals surface area contributed by atoms with Gasteiger partial charge in [0.1, 0.15) is 0 Å². The molecule has 2 aromatic rings. The lowest BCUT2D eigenvalue weighted by atomic mass is 10.0. The summed E-state index contributed by atoms with van der Waals surface area (Å²) in [5.74, 6) is 0.226. The van der Waals surface area contributed by atoms with E-state index in [2.05, 4.69) is 49.1 Å². The van der Waals surface area contributed by atoms with Crippen LogP contribution in [0.15, 0.2) is 54.6 Å². The third kappa shape index (κ3) is 2.71. The third-order valence-electron chi connectivity index (χ3n) is 4.44. The fourth-order valence-corrected chi connectivity index (χ4v) is 3.34. The predicted molar refractivity (Wildman–Crippen MR) is 85.0 cm³/mol. The van der Waals surface area contributed by atoms with Gasteiger partial charge in [-0.2, -0.15) is 0 Å². The van der Waals surface area contributed by atoms with E-state index in [-0.39, 0.29) is 18.0 Å². The van der Waals surface area contributed by atoms with Crippen molar-refractivity contribution in [3.05, 3.63) is 71.3 Å². The highest BCUT2D eigenvalue weighted by molar-refractivity contribution is 5.80. The van der Waals surface area contributed by atoms with Crippen LogP contribution in [0.3, 0.4) is 0 Å². The lowest BCUT2D eigenvalue weighted by Gasteiger charge is -2.33. The molecule has 0 saturated carbocycles. The van der Waals surface area contributed by atoms with Gasteiger partial charge in [0.2, 0.25) is 5.91 Å². The zero-order valence-corrected chi connectivity index (χ0v) is 12.6. The maximum absolute atomic E-state index is 12.7. The Labute approximate surface area is 126 Å². The minimum absolute atomic E-state index is 0.114. The molecule has 108 valence electrons. The number of hydrogen-bond acceptors (Lipinski definition) is 1. The molecule has 2 nitrogen and oxygen atoms in total. The minimum atomic E-state index is 0.114. The van der Waals surface area contributed by atoms with Crippen molar-refractivity contribution < 1.29 is 4.79 Å². The first kappa shape index (κ1) is 13.9. The van der Waals surface area contributed by atoms with Gasteiger partial charge in [-0.3, -0.25) is 4.79 Å². The third-order valence-corrected chi connectivity index (χ3v) is 4.44. The zero-order valence-electron chi connectivity index (χ0n) is 12.6. The van der Waals surface area contributed by atoms with Gasteiger partial charge in [0.25, 0.3) is 0 Å². The second-order valence-electron chi connectivity index (χ2n) is 5.89. The molecule has 2 aromatic carbocycles. The number of carbonyl (C=O) groups excluding carboxylic acids is 1. The van der Waals surface area contributed by atoms with Gasteiger partial charge in [0.05, 0.1) is 12.5 Å². The number of hydrogen-bond donors (Lipinski definition) is 0. The summed E-state index contributed by atoms with van der Waals surface area (Å²) in [5, 5.41) is 0. The van der Waals surface area contributed by atoms with Crippen molar-refractivity contribution in [2.24, 2.45) is 0 Å². The van der Waals surface area contributed by atoms with E-state index in [9.17, 15) is 4.79 Å². The molecule has 2 atom stereocenters. The molecule has 1 heterocycles. The van der Waals surface area contributed by atoms with Crippen LogP contribution < -0.4 is 0 Å². The van der Waals surface area contributed by atoms with Crippen LogP contribution in [0.5, 0.6) is 0 Å². The van der Waals surface area contributed by atoms with Gasteiger partial charge in [-0.15, -0.1) is 0 Å². The van der Waals surface area contributed by atoms with Gasteiger partial charge in [-0.1, -0.05) is 54.6 Å². The van der Waals surface area contributed by atoms with Crippen LogP contribution in [-0.4, -0.2) is 16.8 Å². The van der Waals surface area contributed by atoms with Gasteiger partial charge >= 0.3 is 0 Å². The summed E-state index contributed by atoms with van der Waals surface area (Å²) in [6, 6.07) is 18.9. The number of benzene rings is 2. The normalized spacial score (nSPS) is 19.8. The lowest BCUT2D eigenvalue weighted by Crippen LogP contribution is -2.40. The molecule has 0 unspecified atom stereocenters. The van der Waals surface area contributed by atoms with Crippen LogP contribution in [0.2, 0.25) is 0 Å². The number of fused-ring (bicyclic) bond motifs is 1. The average molecular weight is 279 g/mol. The first-order valence-corrected chi connectivity index (χ1v) is 7.59. The first-order valence-electron chi connectivity index (χ1n) is 7.59. The molecule has 1 aliphatic rings. The summed E-state index contributed by atoms with van der Waals surface area (Å²) in [6.07, 6.45) is 1.44. The zero-order chi connectivity index (χ0) is 14.8. The molecule has 2 heteroatoms. The van der Waals surface area contributed by atoms with E-state index in [1.54, 1.807) is 0 Å². The van der Waals surface area contributed by atoms with Crippen molar-refractivity contribution in [3.63, 3.8) is 0 Å². The van der Waals surface area contributed by atoms with E-state index in [0.29, 0.717) is 6.42 Å². The van der Waals surface area contributed by atoms with Gasteiger partial charge in [0.15, 0.2) is 0 Å². The maximum Gasteiger partial charge on any atom is 0.227 e. The van der Waals surface area contributed by atoms with Crippen LogP contribution in [-0.2, 0) is 17.6 Å². The topological polar surface area (TPSA) is 20.3 Å². The fraction of sp³-hybridized carbons (Fsp3) is 0.316. The average Bonchev–Trinajstić information content (AvgIpc) is 2.62. The molecular formula is C19H21NO. The van der Waals surface area contributed by atoms with Crippen LogP contribution in [0, 0.1) is 0 Å². The number of nitrogens with zero attached hydrogens (tertiary/aromatic N) is 1. The Morgan fingerprint density at radius 1 is 1.00 bits per heavy atom. The highest BCUT2D eigenvalue weighted by atomic mass is 16.2. The van der Waals surface area contributed by atoms with Gasteiger partial charge in [-0.05, 0) is 37.0 Å². The van der Waals surface area contributed by atoms with Crippen LogP contribution >= 0.6 is 0 Å². The van der Waals surface area contributed by atoms with Crippen molar-refractivity contribution >= 4 is 5.91 Å². The van der Waals surface area contributed by atoms with Gasteiger partial charge < -0.3 is 4.90 Å². The molecule has 3 rings (SSSR count). The molecule has 1 amide bonds. The van der Waals surface area contributed by atoms with Crippen LogP contribution in [0.25, 0.3) is 0 Å². The SMILES string of the molecule is C[C@H](c1ccccc1)N1C(=O)Cc2ccccc2C[C@@H]1C. The van der Waals surface area contributed by atoms with Crippen LogP contribution in [0.4, 0.5) is 0 Å². The molecule has 0 radical (unpaired) electrons. The molecule has 0 aliphatic carbocycles. The second kappa shape index (κ2) is 5.72. The number of amides is 1. The second-order valence-corrected chi connectivity index (χ2v) is 5.89.